The molecule has 0 saturated carbocycles. The minimum Gasteiger partial charge on any atom is -0.507 e. The molecule has 0 fully saturated rings. The molecule has 60 valence electrons. The fraction of sp³-hybridized carbons (Fsp3) is 0. The van der Waals surface area contributed by atoms with Crippen LogP contribution in [0.3, 0.4) is 0 Å². The molecule has 0 aliphatic heterocycles. The fourth-order valence-electron chi connectivity index (χ4n) is 0.603. The quantitative estimate of drug-likeness (QED) is 0.391. The van der Waals surface area contributed by atoms with Crippen molar-refractivity contribution in [2.75, 3.05) is 0 Å². The summed E-state index contributed by atoms with van der Waals surface area (Å²) in [4.78, 5) is 0.397. The summed E-state index contributed by atoms with van der Waals surface area (Å²) >= 11 is 13.3. The second kappa shape index (κ2) is 3.05. The van der Waals surface area contributed by atoms with Crippen molar-refractivity contribution in [1.29, 1.82) is 0 Å². The number of hydrogen-bond acceptors (Lipinski definition) is 4. The Labute approximate surface area is 79.6 Å². The first kappa shape index (κ1) is 8.90. The Kier molecular flexibility index (Phi) is 2.47. The van der Waals surface area contributed by atoms with Gasteiger partial charge in [0, 0.05) is 6.07 Å². The van der Waals surface area contributed by atoms with E-state index in [1.165, 1.54) is 6.07 Å². The van der Waals surface area contributed by atoms with Crippen molar-refractivity contribution >= 4 is 36.9 Å². The second-order valence-corrected chi connectivity index (χ2v) is 3.22. The van der Waals surface area contributed by atoms with E-state index in [0.717, 1.165) is 0 Å². The predicted molar refractivity (Wildman–Crippen MR) is 49.3 cm³/mol. The summed E-state index contributed by atoms with van der Waals surface area (Å²) in [5.74, 6) is -0.265. The summed E-state index contributed by atoms with van der Waals surface area (Å²) in [5.41, 5.74) is 0. The van der Waals surface area contributed by atoms with Crippen LogP contribution in [0.5, 0.6) is 11.5 Å². The van der Waals surface area contributed by atoms with E-state index in [1.807, 2.05) is 0 Å². The van der Waals surface area contributed by atoms with Crippen LogP contribution >= 0.6 is 36.9 Å². The van der Waals surface area contributed by atoms with Gasteiger partial charge in [-0.2, -0.15) is 0 Å². The highest BCUT2D eigenvalue weighted by Crippen LogP contribution is 2.40. The molecule has 0 aliphatic rings. The zero-order valence-electron chi connectivity index (χ0n) is 5.24. The van der Waals surface area contributed by atoms with Gasteiger partial charge in [0.25, 0.3) is 0 Å². The Morgan fingerprint density at radius 2 is 1.73 bits per heavy atom. The first-order chi connectivity index (χ1) is 5.04. The number of thiol groups is 2. The molecule has 2 N–H and O–H groups in total. The van der Waals surface area contributed by atoms with Gasteiger partial charge in [0.2, 0.25) is 0 Å². The van der Waals surface area contributed by atoms with Crippen molar-refractivity contribution in [3.8, 4) is 11.5 Å². The number of benzene rings is 1. The molecule has 0 radical (unpaired) electrons. The molecule has 11 heavy (non-hydrogen) atoms. The first-order valence-electron chi connectivity index (χ1n) is 2.66. The molecule has 0 aliphatic carbocycles. The fourth-order valence-corrected chi connectivity index (χ4v) is 1.27. The third kappa shape index (κ3) is 1.52. The zero-order chi connectivity index (χ0) is 8.59. The second-order valence-electron chi connectivity index (χ2n) is 1.92. The summed E-state index contributed by atoms with van der Waals surface area (Å²) in [7, 11) is 0. The van der Waals surface area contributed by atoms with E-state index in [9.17, 15) is 0 Å². The van der Waals surface area contributed by atoms with Crippen LogP contribution in [0.15, 0.2) is 15.9 Å². The Morgan fingerprint density at radius 3 is 2.27 bits per heavy atom. The molecule has 5 heteroatoms. The molecular formula is C6H5ClO2S2. The Morgan fingerprint density at radius 1 is 1.18 bits per heavy atom. The molecule has 0 unspecified atom stereocenters. The number of phenols is 2. The average Bonchev–Trinajstić information content (AvgIpc) is 1.97. The maximum Gasteiger partial charge on any atom is 0.148 e. The van der Waals surface area contributed by atoms with Crippen molar-refractivity contribution < 1.29 is 10.2 Å². The Hall–Kier alpha value is -0.190. The van der Waals surface area contributed by atoms with E-state index in [4.69, 9.17) is 21.8 Å². The predicted octanol–water partition coefficient (Wildman–Crippen LogP) is 2.33. The SMILES string of the molecule is Oc1cc(Cl)c(O)c(S)c1S. The lowest BCUT2D eigenvalue weighted by Crippen LogP contribution is -1.76. The van der Waals surface area contributed by atoms with E-state index in [2.05, 4.69) is 25.3 Å². The van der Waals surface area contributed by atoms with E-state index < -0.39 is 0 Å². The summed E-state index contributed by atoms with van der Waals surface area (Å²) in [6, 6.07) is 1.21. The highest BCUT2D eigenvalue weighted by molar-refractivity contribution is 7.83. The van der Waals surface area contributed by atoms with Gasteiger partial charge in [-0.3, -0.25) is 0 Å². The molecule has 0 heterocycles. The van der Waals surface area contributed by atoms with Crippen LogP contribution < -0.4 is 0 Å². The minimum absolute atomic E-state index is 0.0605. The molecule has 0 saturated heterocycles. The average molecular weight is 209 g/mol. The molecule has 1 aromatic rings. The van der Waals surface area contributed by atoms with Gasteiger partial charge < -0.3 is 10.2 Å². The van der Waals surface area contributed by atoms with E-state index in [1.54, 1.807) is 0 Å². The largest absolute Gasteiger partial charge is 0.507 e. The highest BCUT2D eigenvalue weighted by Gasteiger charge is 2.10. The molecule has 0 amide bonds. The smallest absolute Gasteiger partial charge is 0.148 e. The van der Waals surface area contributed by atoms with Crippen molar-refractivity contribution in [3.05, 3.63) is 11.1 Å². The molecule has 2 nitrogen and oxygen atoms in total. The number of hydrogen-bond donors (Lipinski definition) is 4. The van der Waals surface area contributed by atoms with Crippen LogP contribution in [0.2, 0.25) is 5.02 Å². The van der Waals surface area contributed by atoms with Gasteiger partial charge in [0.1, 0.15) is 11.5 Å². The molecule has 0 aromatic heterocycles. The molecular weight excluding hydrogens is 204 g/mol. The highest BCUT2D eigenvalue weighted by atomic mass is 35.5. The Bertz CT molecular complexity index is 275. The van der Waals surface area contributed by atoms with Gasteiger partial charge >= 0.3 is 0 Å². The van der Waals surface area contributed by atoms with Crippen LogP contribution in [0.4, 0.5) is 0 Å². The Balaban J connectivity index is 3.46. The van der Waals surface area contributed by atoms with E-state index in [-0.39, 0.29) is 26.3 Å². The van der Waals surface area contributed by atoms with Gasteiger partial charge in [-0.15, -0.1) is 25.3 Å². The lowest BCUT2D eigenvalue weighted by atomic mass is 10.3. The van der Waals surface area contributed by atoms with Crippen LogP contribution in [0.1, 0.15) is 0 Å². The van der Waals surface area contributed by atoms with E-state index in [0.29, 0.717) is 0 Å². The lowest BCUT2D eigenvalue weighted by molar-refractivity contribution is 0.436. The third-order valence-corrected chi connectivity index (χ3v) is 2.53. The van der Waals surface area contributed by atoms with Gasteiger partial charge in [-0.25, -0.2) is 0 Å². The topological polar surface area (TPSA) is 40.5 Å². The van der Waals surface area contributed by atoms with Gasteiger partial charge in [0.15, 0.2) is 0 Å². The standard InChI is InChI=1S/C6H5ClO2S2/c7-2-1-3(8)5(10)6(11)4(2)9/h1,8-11H. The van der Waals surface area contributed by atoms with Crippen LogP contribution in [0.25, 0.3) is 0 Å². The van der Waals surface area contributed by atoms with Crippen molar-refractivity contribution in [1.82, 2.24) is 0 Å². The number of rotatable bonds is 0. The molecule has 0 atom stereocenters. The van der Waals surface area contributed by atoms with Crippen LogP contribution in [-0.4, -0.2) is 10.2 Å². The van der Waals surface area contributed by atoms with Gasteiger partial charge in [-0.05, 0) is 0 Å². The molecule has 0 spiro atoms. The lowest BCUT2D eigenvalue weighted by Gasteiger charge is -2.04. The molecule has 1 aromatic carbocycles. The minimum atomic E-state index is -0.169. The van der Waals surface area contributed by atoms with Crippen LogP contribution in [-0.2, 0) is 0 Å². The summed E-state index contributed by atoms with van der Waals surface area (Å²) in [6.45, 7) is 0. The number of phenolic OH excluding ortho intramolecular Hbond substituents is 2. The van der Waals surface area contributed by atoms with Crippen molar-refractivity contribution in [3.63, 3.8) is 0 Å². The zero-order valence-corrected chi connectivity index (χ0v) is 7.79. The normalized spacial score (nSPS) is 10.1. The number of halogens is 1. The summed E-state index contributed by atoms with van der Waals surface area (Å²) < 4.78 is 0. The van der Waals surface area contributed by atoms with Gasteiger partial charge in [-0.1, -0.05) is 11.6 Å². The monoisotopic (exact) mass is 208 g/mol. The summed E-state index contributed by atoms with van der Waals surface area (Å²) in [6.07, 6.45) is 0. The molecule has 0 bridgehead atoms. The first-order valence-corrected chi connectivity index (χ1v) is 3.93. The van der Waals surface area contributed by atoms with Crippen molar-refractivity contribution in [2.45, 2.75) is 9.79 Å². The maximum atomic E-state index is 9.14. The van der Waals surface area contributed by atoms with Crippen LogP contribution in [0, 0.1) is 0 Å². The maximum absolute atomic E-state index is 9.14. The van der Waals surface area contributed by atoms with Gasteiger partial charge in [0.05, 0.1) is 14.8 Å². The number of aromatic hydroxyl groups is 2. The summed E-state index contributed by atoms with van der Waals surface area (Å²) in [5, 5.41) is 18.3. The van der Waals surface area contributed by atoms with E-state index >= 15 is 0 Å². The molecule has 1 rings (SSSR count). The third-order valence-electron chi connectivity index (χ3n) is 1.18. The van der Waals surface area contributed by atoms with Crippen molar-refractivity contribution in [2.24, 2.45) is 0 Å².